The van der Waals surface area contributed by atoms with E-state index in [2.05, 4.69) is 9.82 Å². The fourth-order valence-corrected chi connectivity index (χ4v) is 4.80. The molecular formula is C19H26N4O4S. The van der Waals surface area contributed by atoms with Gasteiger partial charge < -0.3 is 9.64 Å². The van der Waals surface area contributed by atoms with E-state index in [0.29, 0.717) is 29.6 Å². The number of aryl methyl sites for hydroxylation is 1. The Morgan fingerprint density at radius 1 is 1.32 bits per heavy atom. The monoisotopic (exact) mass is 406 g/mol. The number of amides is 1. The molecule has 2 aromatic rings. The Balaban J connectivity index is 1.77. The Kier molecular flexibility index (Phi) is 5.76. The Morgan fingerprint density at radius 3 is 2.71 bits per heavy atom. The van der Waals surface area contributed by atoms with Crippen LogP contribution in [0.4, 0.5) is 5.69 Å². The average Bonchev–Trinajstić information content (AvgIpc) is 3.16. The summed E-state index contributed by atoms with van der Waals surface area (Å²) < 4.78 is 35.4. The number of hydrogen-bond donors (Lipinski definition) is 1. The van der Waals surface area contributed by atoms with Crippen LogP contribution >= 0.6 is 0 Å². The highest BCUT2D eigenvalue weighted by atomic mass is 32.2. The third kappa shape index (κ3) is 4.20. The van der Waals surface area contributed by atoms with Crippen LogP contribution in [0.25, 0.3) is 0 Å². The lowest BCUT2D eigenvalue weighted by atomic mass is 10.2. The number of carbonyl (C=O) groups is 1. The maximum absolute atomic E-state index is 12.9. The molecule has 1 saturated heterocycles. The second kappa shape index (κ2) is 7.92. The predicted molar refractivity (Wildman–Crippen MR) is 106 cm³/mol. The van der Waals surface area contributed by atoms with Crippen molar-refractivity contribution in [1.29, 1.82) is 0 Å². The number of ether oxygens (including phenoxy) is 1. The molecule has 1 aliphatic rings. The number of carbonyl (C=O) groups excluding carboxylic acids is 1. The van der Waals surface area contributed by atoms with Crippen molar-refractivity contribution in [3.05, 3.63) is 36.2 Å². The summed E-state index contributed by atoms with van der Waals surface area (Å²) in [5.41, 5.74) is 1.08. The summed E-state index contributed by atoms with van der Waals surface area (Å²) >= 11 is 0. The quantitative estimate of drug-likeness (QED) is 0.758. The molecule has 152 valence electrons. The number of sulfonamides is 1. The zero-order chi connectivity index (χ0) is 20.5. The van der Waals surface area contributed by atoms with Crippen LogP contribution < -0.4 is 14.4 Å². The third-order valence-electron chi connectivity index (χ3n) is 4.57. The molecule has 0 spiro atoms. The van der Waals surface area contributed by atoms with Gasteiger partial charge in [-0.25, -0.2) is 13.1 Å². The van der Waals surface area contributed by atoms with Crippen LogP contribution in [0.15, 0.2) is 35.4 Å². The van der Waals surface area contributed by atoms with Crippen molar-refractivity contribution >= 4 is 21.6 Å². The minimum absolute atomic E-state index is 0.0937. The standard InChI is InChI=1S/C19H26N4O4S/c1-13(2)10-22-12-18(14(3)20-22)28(25,26)21-15-9-19(24)23(11-15)16-7-5-6-8-17(16)27-4/h5-8,12-13,15,21H,9-11H2,1-4H3. The van der Waals surface area contributed by atoms with Gasteiger partial charge in [0.15, 0.2) is 0 Å². The van der Waals surface area contributed by atoms with Gasteiger partial charge >= 0.3 is 0 Å². The lowest BCUT2D eigenvalue weighted by Gasteiger charge is -2.19. The summed E-state index contributed by atoms with van der Waals surface area (Å²) in [6.45, 7) is 6.64. The van der Waals surface area contributed by atoms with Gasteiger partial charge in [-0.15, -0.1) is 0 Å². The van der Waals surface area contributed by atoms with Gasteiger partial charge in [-0.3, -0.25) is 9.48 Å². The Bertz CT molecular complexity index is 968. The molecule has 0 bridgehead atoms. The predicted octanol–water partition coefficient (Wildman–Crippen LogP) is 1.94. The topological polar surface area (TPSA) is 93.5 Å². The van der Waals surface area contributed by atoms with Crippen LogP contribution in [-0.4, -0.2) is 43.8 Å². The molecule has 0 radical (unpaired) electrons. The number of nitrogens with zero attached hydrogens (tertiary/aromatic N) is 3. The van der Waals surface area contributed by atoms with Gasteiger partial charge in [-0.05, 0) is 25.0 Å². The molecule has 1 fully saturated rings. The number of para-hydroxylation sites is 2. The maximum atomic E-state index is 12.9. The highest BCUT2D eigenvalue weighted by Gasteiger charge is 2.35. The molecule has 2 heterocycles. The van der Waals surface area contributed by atoms with E-state index in [9.17, 15) is 13.2 Å². The molecule has 1 aromatic carbocycles. The summed E-state index contributed by atoms with van der Waals surface area (Å²) in [7, 11) is -2.24. The number of rotatable bonds is 7. The summed E-state index contributed by atoms with van der Waals surface area (Å²) in [5.74, 6) is 0.777. The molecule has 28 heavy (non-hydrogen) atoms. The van der Waals surface area contributed by atoms with Gasteiger partial charge in [0.05, 0.1) is 18.5 Å². The lowest BCUT2D eigenvalue weighted by Crippen LogP contribution is -2.37. The van der Waals surface area contributed by atoms with Crippen molar-refractivity contribution < 1.29 is 17.9 Å². The van der Waals surface area contributed by atoms with E-state index in [1.165, 1.54) is 7.11 Å². The summed E-state index contributed by atoms with van der Waals surface area (Å²) in [6.07, 6.45) is 1.64. The Labute approximate surface area is 165 Å². The first-order valence-electron chi connectivity index (χ1n) is 9.21. The van der Waals surface area contributed by atoms with Gasteiger partial charge in [-0.2, -0.15) is 5.10 Å². The van der Waals surface area contributed by atoms with Crippen LogP contribution in [0.1, 0.15) is 26.0 Å². The average molecular weight is 407 g/mol. The fourth-order valence-electron chi connectivity index (χ4n) is 3.39. The second-order valence-electron chi connectivity index (χ2n) is 7.39. The number of anilines is 1. The molecule has 0 aliphatic carbocycles. The van der Waals surface area contributed by atoms with E-state index in [-0.39, 0.29) is 23.8 Å². The van der Waals surface area contributed by atoms with E-state index >= 15 is 0 Å². The van der Waals surface area contributed by atoms with Crippen LogP contribution in [0, 0.1) is 12.8 Å². The number of benzene rings is 1. The van der Waals surface area contributed by atoms with Crippen molar-refractivity contribution in [2.24, 2.45) is 5.92 Å². The molecule has 1 aromatic heterocycles. The molecule has 9 heteroatoms. The highest BCUT2D eigenvalue weighted by molar-refractivity contribution is 7.89. The lowest BCUT2D eigenvalue weighted by molar-refractivity contribution is -0.117. The summed E-state index contributed by atoms with van der Waals surface area (Å²) in [5, 5.41) is 4.30. The normalized spacial score (nSPS) is 17.5. The Hall–Kier alpha value is -2.39. The minimum Gasteiger partial charge on any atom is -0.495 e. The molecule has 1 unspecified atom stereocenters. The molecule has 3 rings (SSSR count). The van der Waals surface area contributed by atoms with Crippen molar-refractivity contribution in [1.82, 2.24) is 14.5 Å². The van der Waals surface area contributed by atoms with Crippen molar-refractivity contribution in [3.63, 3.8) is 0 Å². The van der Waals surface area contributed by atoms with E-state index < -0.39 is 16.1 Å². The largest absolute Gasteiger partial charge is 0.495 e. The Morgan fingerprint density at radius 2 is 2.04 bits per heavy atom. The first kappa shape index (κ1) is 20.3. The first-order valence-corrected chi connectivity index (χ1v) is 10.7. The van der Waals surface area contributed by atoms with Crippen molar-refractivity contribution in [3.8, 4) is 5.75 Å². The zero-order valence-corrected chi connectivity index (χ0v) is 17.4. The number of nitrogens with one attached hydrogen (secondary N) is 1. The highest BCUT2D eigenvalue weighted by Crippen LogP contribution is 2.31. The second-order valence-corrected chi connectivity index (χ2v) is 9.08. The summed E-state index contributed by atoms with van der Waals surface area (Å²) in [4.78, 5) is 14.2. The maximum Gasteiger partial charge on any atom is 0.244 e. The first-order chi connectivity index (χ1) is 13.2. The number of aromatic nitrogens is 2. The minimum atomic E-state index is -3.78. The number of methoxy groups -OCH3 is 1. The molecule has 1 N–H and O–H groups in total. The molecule has 0 saturated carbocycles. The van der Waals surface area contributed by atoms with Crippen molar-refractivity contribution in [2.45, 2.75) is 44.7 Å². The third-order valence-corrected chi connectivity index (χ3v) is 6.19. The van der Waals surface area contributed by atoms with E-state index in [1.54, 1.807) is 34.8 Å². The van der Waals surface area contributed by atoms with Gasteiger partial charge in [0.1, 0.15) is 10.6 Å². The molecule has 8 nitrogen and oxygen atoms in total. The smallest absolute Gasteiger partial charge is 0.244 e. The van der Waals surface area contributed by atoms with Gasteiger partial charge in [0, 0.05) is 31.7 Å². The van der Waals surface area contributed by atoms with Gasteiger partial charge in [-0.1, -0.05) is 26.0 Å². The molecule has 1 amide bonds. The van der Waals surface area contributed by atoms with Crippen LogP contribution in [0.2, 0.25) is 0 Å². The van der Waals surface area contributed by atoms with Crippen LogP contribution in [0.5, 0.6) is 5.75 Å². The fraction of sp³-hybridized carbons (Fsp3) is 0.474. The van der Waals surface area contributed by atoms with Crippen molar-refractivity contribution in [2.75, 3.05) is 18.6 Å². The molecule has 1 aliphatic heterocycles. The van der Waals surface area contributed by atoms with E-state index in [1.807, 2.05) is 26.0 Å². The SMILES string of the molecule is COc1ccccc1N1CC(NS(=O)(=O)c2cn(CC(C)C)nc2C)CC1=O. The number of hydrogen-bond acceptors (Lipinski definition) is 5. The van der Waals surface area contributed by atoms with Crippen LogP contribution in [-0.2, 0) is 21.4 Å². The molecule has 1 atom stereocenters. The van der Waals surface area contributed by atoms with E-state index in [4.69, 9.17) is 4.74 Å². The zero-order valence-electron chi connectivity index (χ0n) is 16.5. The van der Waals surface area contributed by atoms with Gasteiger partial charge in [0.25, 0.3) is 0 Å². The molecular weight excluding hydrogens is 380 g/mol. The van der Waals surface area contributed by atoms with Gasteiger partial charge in [0.2, 0.25) is 15.9 Å². The summed E-state index contributed by atoms with van der Waals surface area (Å²) in [6, 6.07) is 6.67. The van der Waals surface area contributed by atoms with Crippen LogP contribution in [0.3, 0.4) is 0 Å². The van der Waals surface area contributed by atoms with E-state index in [0.717, 1.165) is 0 Å².